The molecule has 0 bridgehead atoms. The summed E-state index contributed by atoms with van der Waals surface area (Å²) in [7, 11) is 0. The van der Waals surface area contributed by atoms with Crippen molar-refractivity contribution in [1.82, 2.24) is 25.2 Å². The predicted octanol–water partition coefficient (Wildman–Crippen LogP) is 5.53. The van der Waals surface area contributed by atoms with E-state index in [4.69, 9.17) is 0 Å². The Hall–Kier alpha value is -3.38. The van der Waals surface area contributed by atoms with E-state index in [0.717, 1.165) is 43.4 Å². The zero-order valence-corrected chi connectivity index (χ0v) is 17.2. The number of nitrogens with zero attached hydrogens (tertiary/aromatic N) is 5. The van der Waals surface area contributed by atoms with Crippen LogP contribution in [0.2, 0.25) is 0 Å². The molecule has 0 saturated carbocycles. The fraction of sp³-hybridized carbons (Fsp3) is 0.130. The van der Waals surface area contributed by atoms with Crippen LogP contribution < -0.4 is 0 Å². The van der Waals surface area contributed by atoms with E-state index in [0.29, 0.717) is 0 Å². The Morgan fingerprint density at radius 1 is 0.793 bits per heavy atom. The quantitative estimate of drug-likeness (QED) is 0.402. The van der Waals surface area contributed by atoms with Gasteiger partial charge in [-0.2, -0.15) is 4.68 Å². The molecule has 5 rings (SSSR count). The van der Waals surface area contributed by atoms with Crippen molar-refractivity contribution in [1.29, 1.82) is 0 Å². The molecule has 0 aliphatic rings. The number of rotatable bonds is 3. The van der Waals surface area contributed by atoms with Gasteiger partial charge in [-0.05, 0) is 83.8 Å². The number of tetrazole rings is 1. The number of aryl methyl sites for hydroxylation is 3. The first kappa shape index (κ1) is 17.7. The van der Waals surface area contributed by atoms with E-state index in [-0.39, 0.29) is 0 Å². The molecule has 3 aromatic carbocycles. The molecule has 0 amide bonds. The second kappa shape index (κ2) is 6.90. The van der Waals surface area contributed by atoms with Gasteiger partial charge in [-0.3, -0.25) is 0 Å². The van der Waals surface area contributed by atoms with Gasteiger partial charge in [0.25, 0.3) is 0 Å². The first-order chi connectivity index (χ1) is 14.1. The van der Waals surface area contributed by atoms with Gasteiger partial charge in [0, 0.05) is 5.56 Å². The van der Waals surface area contributed by atoms with Gasteiger partial charge < -0.3 is 0 Å². The summed E-state index contributed by atoms with van der Waals surface area (Å²) in [6.07, 6.45) is 0. The lowest BCUT2D eigenvalue weighted by atomic mass is 9.99. The molecule has 5 aromatic rings. The second-order valence-corrected chi connectivity index (χ2v) is 8.39. The first-order valence-electron chi connectivity index (χ1n) is 9.43. The highest BCUT2D eigenvalue weighted by Crippen LogP contribution is 2.31. The van der Waals surface area contributed by atoms with E-state index in [1.165, 1.54) is 11.1 Å². The highest BCUT2D eigenvalue weighted by atomic mass is 32.1. The van der Waals surface area contributed by atoms with Crippen molar-refractivity contribution < 1.29 is 0 Å². The average Bonchev–Trinajstić information content (AvgIpc) is 3.33. The molecular formula is C23H19N5S. The summed E-state index contributed by atoms with van der Waals surface area (Å²) in [5, 5.41) is 13.7. The van der Waals surface area contributed by atoms with E-state index >= 15 is 0 Å². The van der Waals surface area contributed by atoms with E-state index < -0.39 is 0 Å². The van der Waals surface area contributed by atoms with Gasteiger partial charge in [-0.25, -0.2) is 4.98 Å². The molecule has 0 unspecified atom stereocenters. The van der Waals surface area contributed by atoms with Gasteiger partial charge in [0.05, 0.1) is 20.9 Å². The number of fused-ring (bicyclic) bond motifs is 1. The van der Waals surface area contributed by atoms with Crippen molar-refractivity contribution in [3.05, 3.63) is 76.8 Å². The van der Waals surface area contributed by atoms with Gasteiger partial charge in [0.15, 0.2) is 5.82 Å². The maximum Gasteiger partial charge on any atom is 0.187 e. The summed E-state index contributed by atoms with van der Waals surface area (Å²) in [6.45, 7) is 6.24. The van der Waals surface area contributed by atoms with Crippen LogP contribution in [0, 0.1) is 20.8 Å². The van der Waals surface area contributed by atoms with Crippen molar-refractivity contribution in [2.45, 2.75) is 20.8 Å². The van der Waals surface area contributed by atoms with Crippen LogP contribution >= 0.6 is 11.3 Å². The van der Waals surface area contributed by atoms with Crippen LogP contribution in [0.25, 0.3) is 38.4 Å². The van der Waals surface area contributed by atoms with Crippen LogP contribution in [0.5, 0.6) is 0 Å². The minimum absolute atomic E-state index is 0.733. The maximum absolute atomic E-state index is 4.54. The average molecular weight is 398 g/mol. The molecule has 0 radical (unpaired) electrons. The van der Waals surface area contributed by atoms with Gasteiger partial charge in [-0.15, -0.1) is 16.4 Å². The van der Waals surface area contributed by atoms with E-state index in [1.54, 1.807) is 11.3 Å². The number of aromatic nitrogens is 5. The molecule has 0 saturated heterocycles. The summed E-state index contributed by atoms with van der Waals surface area (Å²) < 4.78 is 2.98. The van der Waals surface area contributed by atoms with Crippen LogP contribution in [0.4, 0.5) is 0 Å². The number of thiazole rings is 1. The van der Waals surface area contributed by atoms with E-state index in [2.05, 4.69) is 76.8 Å². The molecule has 2 aromatic heterocycles. The van der Waals surface area contributed by atoms with Crippen LogP contribution in [0.15, 0.2) is 60.7 Å². The zero-order valence-electron chi connectivity index (χ0n) is 16.4. The smallest absolute Gasteiger partial charge is 0.187 e. The second-order valence-electron chi connectivity index (χ2n) is 7.15. The Morgan fingerprint density at radius 3 is 2.31 bits per heavy atom. The zero-order chi connectivity index (χ0) is 20.0. The van der Waals surface area contributed by atoms with Gasteiger partial charge in [-0.1, -0.05) is 30.3 Å². The van der Waals surface area contributed by atoms with Crippen molar-refractivity contribution in [2.24, 2.45) is 0 Å². The van der Waals surface area contributed by atoms with E-state index in [9.17, 15) is 0 Å². The Bertz CT molecular complexity index is 1310. The lowest BCUT2D eigenvalue weighted by molar-refractivity contribution is 0.783. The normalized spacial score (nSPS) is 11.3. The van der Waals surface area contributed by atoms with Crippen LogP contribution in [-0.2, 0) is 0 Å². The highest BCUT2D eigenvalue weighted by Gasteiger charge is 2.17. The standard InChI is InChI=1S/C23H19N5S/c1-14-11-19(17-7-5-4-6-8-17)12-15(2)22(14)28-23(25-26-27-28)18-9-10-20-21(13-18)29-16(3)24-20/h4-13H,1-3H3. The SMILES string of the molecule is Cc1nc2ccc(-c3nnnn3-c3c(C)cc(-c4ccccc4)cc3C)cc2s1. The monoisotopic (exact) mass is 397 g/mol. The third kappa shape index (κ3) is 3.11. The minimum atomic E-state index is 0.733. The molecule has 6 heteroatoms. The number of hydrogen-bond acceptors (Lipinski definition) is 5. The lowest BCUT2D eigenvalue weighted by Crippen LogP contribution is -2.05. The molecule has 0 fully saturated rings. The lowest BCUT2D eigenvalue weighted by Gasteiger charge is -2.14. The van der Waals surface area contributed by atoms with Crippen molar-refractivity contribution >= 4 is 21.6 Å². The topological polar surface area (TPSA) is 56.5 Å². The largest absolute Gasteiger partial charge is 0.242 e. The fourth-order valence-electron chi connectivity index (χ4n) is 3.78. The fourth-order valence-corrected chi connectivity index (χ4v) is 4.65. The minimum Gasteiger partial charge on any atom is -0.242 e. The molecular weight excluding hydrogens is 378 g/mol. The Labute approximate surface area is 172 Å². The maximum atomic E-state index is 4.54. The molecule has 0 spiro atoms. The third-order valence-corrected chi connectivity index (χ3v) is 5.97. The van der Waals surface area contributed by atoms with Gasteiger partial charge in [0.2, 0.25) is 0 Å². The molecule has 0 aliphatic heterocycles. The van der Waals surface area contributed by atoms with Gasteiger partial charge in [0.1, 0.15) is 0 Å². The summed E-state index contributed by atoms with van der Waals surface area (Å²) >= 11 is 1.68. The predicted molar refractivity (Wildman–Crippen MR) is 117 cm³/mol. The molecule has 29 heavy (non-hydrogen) atoms. The van der Waals surface area contributed by atoms with Crippen LogP contribution in [0.3, 0.4) is 0 Å². The molecule has 0 atom stereocenters. The first-order valence-corrected chi connectivity index (χ1v) is 10.2. The van der Waals surface area contributed by atoms with Crippen molar-refractivity contribution in [2.75, 3.05) is 0 Å². The molecule has 0 aliphatic carbocycles. The third-order valence-electron chi connectivity index (χ3n) is 5.03. The molecule has 2 heterocycles. The summed E-state index contributed by atoms with van der Waals surface area (Å²) in [4.78, 5) is 4.54. The van der Waals surface area contributed by atoms with Crippen LogP contribution in [0.1, 0.15) is 16.1 Å². The Morgan fingerprint density at radius 2 is 1.55 bits per heavy atom. The molecule has 0 N–H and O–H groups in total. The van der Waals surface area contributed by atoms with Crippen molar-refractivity contribution in [3.8, 4) is 28.2 Å². The number of hydrogen-bond donors (Lipinski definition) is 0. The Balaban J connectivity index is 1.63. The Kier molecular flexibility index (Phi) is 4.21. The highest BCUT2D eigenvalue weighted by molar-refractivity contribution is 7.18. The van der Waals surface area contributed by atoms with Gasteiger partial charge >= 0.3 is 0 Å². The molecule has 142 valence electrons. The summed E-state index contributed by atoms with van der Waals surface area (Å²) in [5.74, 6) is 0.733. The van der Waals surface area contributed by atoms with Crippen LogP contribution in [-0.4, -0.2) is 25.2 Å². The van der Waals surface area contributed by atoms with E-state index in [1.807, 2.05) is 29.8 Å². The summed E-state index contributed by atoms with van der Waals surface area (Å²) in [5.41, 5.74) is 7.67. The van der Waals surface area contributed by atoms with Crippen molar-refractivity contribution in [3.63, 3.8) is 0 Å². The molecule has 5 nitrogen and oxygen atoms in total. The number of benzene rings is 3. The summed E-state index contributed by atoms with van der Waals surface area (Å²) in [6, 6.07) is 21.0.